The van der Waals surface area contributed by atoms with Crippen molar-refractivity contribution in [3.8, 4) is 0 Å². The van der Waals surface area contributed by atoms with E-state index in [1.165, 1.54) is 17.0 Å². The van der Waals surface area contributed by atoms with E-state index in [0.29, 0.717) is 6.42 Å². The summed E-state index contributed by atoms with van der Waals surface area (Å²) < 4.78 is 13.4. The molecule has 1 N–H and O–H groups in total. The summed E-state index contributed by atoms with van der Waals surface area (Å²) in [5.41, 5.74) is 2.76. The van der Waals surface area contributed by atoms with Gasteiger partial charge >= 0.3 is 0 Å². The summed E-state index contributed by atoms with van der Waals surface area (Å²) in [6.07, 6.45) is 3.57. The van der Waals surface area contributed by atoms with Gasteiger partial charge in [0.2, 0.25) is 0 Å². The Kier molecular flexibility index (Phi) is 7.04. The van der Waals surface area contributed by atoms with Crippen LogP contribution in [0.3, 0.4) is 0 Å². The SMILES string of the molecule is C[NH+]1CCCC(N2N=C(c3ccc(F)cc3)CC(c3ccccc3)C2=O)CC1.[Cl-]. The Bertz CT molecular complexity index is 856. The summed E-state index contributed by atoms with van der Waals surface area (Å²) in [4.78, 5) is 14.9. The molecule has 2 aliphatic rings. The summed E-state index contributed by atoms with van der Waals surface area (Å²) in [5, 5.41) is 6.55. The molecule has 154 valence electrons. The standard InChI is InChI=1S/C23H26FN3O.ClH/c1-26-14-5-8-20(13-15-26)27-23(28)21(17-6-3-2-4-7-17)16-22(25-27)18-9-11-19(24)12-10-18;/h2-4,6-7,9-12,20-21H,5,8,13-16H2,1H3;1H. The number of likely N-dealkylation sites (tertiary alicyclic amines) is 1. The van der Waals surface area contributed by atoms with Crippen molar-refractivity contribution in [1.82, 2.24) is 5.01 Å². The lowest BCUT2D eigenvalue weighted by atomic mass is 9.88. The predicted octanol–water partition coefficient (Wildman–Crippen LogP) is -0.383. The fourth-order valence-corrected chi connectivity index (χ4v) is 4.25. The number of hydrogen-bond acceptors (Lipinski definition) is 2. The van der Waals surface area contributed by atoms with Gasteiger partial charge in [-0.2, -0.15) is 5.10 Å². The predicted molar refractivity (Wildman–Crippen MR) is 108 cm³/mol. The first-order valence-corrected chi connectivity index (χ1v) is 10.1. The van der Waals surface area contributed by atoms with Gasteiger partial charge in [0.25, 0.3) is 5.91 Å². The van der Waals surface area contributed by atoms with Gasteiger partial charge in [-0.3, -0.25) is 4.79 Å². The highest BCUT2D eigenvalue weighted by molar-refractivity contribution is 6.06. The quantitative estimate of drug-likeness (QED) is 0.729. The smallest absolute Gasteiger partial charge is 0.250 e. The minimum atomic E-state index is -0.262. The molecular weight excluding hydrogens is 389 g/mol. The van der Waals surface area contributed by atoms with E-state index in [-0.39, 0.29) is 36.1 Å². The Balaban J connectivity index is 0.00000240. The average Bonchev–Trinajstić information content (AvgIpc) is 2.94. The average molecular weight is 416 g/mol. The number of carbonyl (C=O) groups excluding carboxylic acids is 1. The minimum absolute atomic E-state index is 0. The maximum Gasteiger partial charge on any atom is 0.250 e. The molecule has 2 aliphatic heterocycles. The summed E-state index contributed by atoms with van der Waals surface area (Å²) in [5.74, 6) is -0.420. The first kappa shape index (κ1) is 21.5. The Hall–Kier alpha value is -2.24. The molecule has 0 radical (unpaired) electrons. The van der Waals surface area contributed by atoms with E-state index in [1.807, 2.05) is 30.3 Å². The number of hydrogen-bond donors (Lipinski definition) is 1. The molecule has 3 atom stereocenters. The lowest BCUT2D eigenvalue weighted by molar-refractivity contribution is -0.878. The van der Waals surface area contributed by atoms with Crippen LogP contribution in [0.15, 0.2) is 59.7 Å². The molecule has 3 unspecified atom stereocenters. The van der Waals surface area contributed by atoms with Gasteiger partial charge in [0, 0.05) is 12.8 Å². The highest BCUT2D eigenvalue weighted by Crippen LogP contribution is 2.31. The van der Waals surface area contributed by atoms with Crippen LogP contribution in [-0.2, 0) is 4.79 Å². The van der Waals surface area contributed by atoms with Crippen LogP contribution in [0.25, 0.3) is 0 Å². The molecule has 2 aromatic carbocycles. The number of carbonyl (C=O) groups is 1. The maximum absolute atomic E-state index is 13.4. The van der Waals surface area contributed by atoms with E-state index < -0.39 is 0 Å². The van der Waals surface area contributed by atoms with E-state index >= 15 is 0 Å². The molecule has 6 heteroatoms. The van der Waals surface area contributed by atoms with Crippen molar-refractivity contribution in [2.24, 2.45) is 5.10 Å². The molecule has 0 saturated carbocycles. The van der Waals surface area contributed by atoms with Gasteiger partial charge in [0.15, 0.2) is 0 Å². The van der Waals surface area contributed by atoms with E-state index in [9.17, 15) is 9.18 Å². The Morgan fingerprint density at radius 1 is 1.03 bits per heavy atom. The van der Waals surface area contributed by atoms with E-state index in [4.69, 9.17) is 5.10 Å². The number of amides is 1. The topological polar surface area (TPSA) is 37.1 Å². The van der Waals surface area contributed by atoms with Crippen LogP contribution < -0.4 is 17.3 Å². The molecule has 0 aromatic heterocycles. The number of benzene rings is 2. The van der Waals surface area contributed by atoms with Crippen LogP contribution in [0, 0.1) is 5.82 Å². The largest absolute Gasteiger partial charge is 1.00 e. The minimum Gasteiger partial charge on any atom is -1.00 e. The summed E-state index contributed by atoms with van der Waals surface area (Å²) >= 11 is 0. The molecule has 0 spiro atoms. The maximum atomic E-state index is 13.4. The fourth-order valence-electron chi connectivity index (χ4n) is 4.25. The summed E-state index contributed by atoms with van der Waals surface area (Å²) in [7, 11) is 2.21. The Morgan fingerprint density at radius 2 is 1.76 bits per heavy atom. The molecule has 0 bridgehead atoms. The third-order valence-electron chi connectivity index (χ3n) is 5.92. The van der Waals surface area contributed by atoms with Crippen molar-refractivity contribution < 1.29 is 26.5 Å². The van der Waals surface area contributed by atoms with Gasteiger partial charge < -0.3 is 17.3 Å². The van der Waals surface area contributed by atoms with Crippen LogP contribution in [-0.4, -0.2) is 42.8 Å². The Labute approximate surface area is 177 Å². The van der Waals surface area contributed by atoms with Crippen molar-refractivity contribution in [3.05, 3.63) is 71.5 Å². The van der Waals surface area contributed by atoms with E-state index in [1.54, 1.807) is 17.1 Å². The van der Waals surface area contributed by atoms with E-state index in [0.717, 1.165) is 49.2 Å². The molecule has 1 saturated heterocycles. The number of nitrogens with zero attached hydrogens (tertiary/aromatic N) is 2. The zero-order valence-corrected chi connectivity index (χ0v) is 17.4. The van der Waals surface area contributed by atoms with Crippen LogP contribution in [0.4, 0.5) is 4.39 Å². The Morgan fingerprint density at radius 3 is 2.48 bits per heavy atom. The van der Waals surface area contributed by atoms with Crippen LogP contribution in [0.2, 0.25) is 0 Å². The molecule has 2 aromatic rings. The van der Waals surface area contributed by atoms with Crippen molar-refractivity contribution in [1.29, 1.82) is 0 Å². The third kappa shape index (κ3) is 4.85. The summed E-state index contributed by atoms with van der Waals surface area (Å²) in [6.45, 7) is 2.18. The number of halogens is 2. The van der Waals surface area contributed by atoms with Crippen LogP contribution >= 0.6 is 0 Å². The van der Waals surface area contributed by atoms with Crippen LogP contribution in [0.1, 0.15) is 42.7 Å². The molecular formula is C23H27ClFN3O. The first-order chi connectivity index (χ1) is 13.6. The molecule has 4 rings (SSSR count). The lowest BCUT2D eigenvalue weighted by Crippen LogP contribution is -3.08. The van der Waals surface area contributed by atoms with E-state index in [2.05, 4.69) is 7.05 Å². The van der Waals surface area contributed by atoms with Gasteiger partial charge in [0.1, 0.15) is 5.82 Å². The molecule has 2 heterocycles. The normalized spacial score (nSPS) is 25.0. The molecule has 0 aliphatic carbocycles. The van der Waals surface area contributed by atoms with Gasteiger partial charge in [-0.15, -0.1) is 0 Å². The second kappa shape index (κ2) is 9.51. The van der Waals surface area contributed by atoms with Crippen molar-refractivity contribution in [2.75, 3.05) is 20.1 Å². The van der Waals surface area contributed by atoms with Crippen molar-refractivity contribution in [3.63, 3.8) is 0 Å². The highest BCUT2D eigenvalue weighted by atomic mass is 35.5. The number of rotatable bonds is 3. The van der Waals surface area contributed by atoms with Gasteiger partial charge in [0.05, 0.1) is 37.8 Å². The number of nitrogens with one attached hydrogen (secondary N) is 1. The first-order valence-electron chi connectivity index (χ1n) is 10.1. The van der Waals surface area contributed by atoms with Gasteiger partial charge in [-0.05, 0) is 36.1 Å². The fraction of sp³-hybridized carbons (Fsp3) is 0.391. The third-order valence-corrected chi connectivity index (χ3v) is 5.92. The molecule has 1 amide bonds. The highest BCUT2D eigenvalue weighted by Gasteiger charge is 2.37. The molecule has 1 fully saturated rings. The van der Waals surface area contributed by atoms with Gasteiger partial charge in [-0.1, -0.05) is 42.5 Å². The molecule has 29 heavy (non-hydrogen) atoms. The zero-order valence-electron chi connectivity index (χ0n) is 16.7. The molecule has 4 nitrogen and oxygen atoms in total. The number of quaternary nitrogens is 1. The van der Waals surface area contributed by atoms with Crippen molar-refractivity contribution >= 4 is 11.6 Å². The monoisotopic (exact) mass is 415 g/mol. The zero-order chi connectivity index (χ0) is 19.5. The number of hydrazone groups is 1. The van der Waals surface area contributed by atoms with Crippen molar-refractivity contribution in [2.45, 2.75) is 37.6 Å². The lowest BCUT2D eigenvalue weighted by Gasteiger charge is -2.34. The van der Waals surface area contributed by atoms with Crippen LogP contribution in [0.5, 0.6) is 0 Å². The summed E-state index contributed by atoms with van der Waals surface area (Å²) in [6, 6.07) is 16.5. The second-order valence-corrected chi connectivity index (χ2v) is 7.95. The second-order valence-electron chi connectivity index (χ2n) is 7.95. The van der Waals surface area contributed by atoms with Gasteiger partial charge in [-0.25, -0.2) is 9.40 Å².